The molecule has 3 aromatic rings. The van der Waals surface area contributed by atoms with Gasteiger partial charge in [0.15, 0.2) is 0 Å². The van der Waals surface area contributed by atoms with E-state index in [1.165, 1.54) is 12.0 Å². The van der Waals surface area contributed by atoms with Crippen LogP contribution >= 0.6 is 15.9 Å². The number of amides is 3. The van der Waals surface area contributed by atoms with Crippen molar-refractivity contribution in [3.8, 4) is 0 Å². The molecule has 59 heavy (non-hydrogen) atoms. The van der Waals surface area contributed by atoms with E-state index in [-0.39, 0.29) is 31.9 Å². The van der Waals surface area contributed by atoms with Crippen LogP contribution in [0.5, 0.6) is 0 Å². The van der Waals surface area contributed by atoms with E-state index in [1.54, 1.807) is 41.3 Å². The number of aliphatic hydroxyl groups excluding tert-OH is 1. The van der Waals surface area contributed by atoms with Gasteiger partial charge in [-0.25, -0.2) is 0 Å². The molecule has 3 saturated heterocycles. The van der Waals surface area contributed by atoms with Crippen LogP contribution in [-0.2, 0) is 33.4 Å². The number of likely N-dealkylation sites (tertiary alicyclic amines) is 1. The van der Waals surface area contributed by atoms with Gasteiger partial charge < -0.3 is 39.3 Å². The number of anilines is 2. The molecule has 3 amide bonds. The van der Waals surface area contributed by atoms with Crippen molar-refractivity contribution >= 4 is 51.0 Å². The summed E-state index contributed by atoms with van der Waals surface area (Å²) in [6.07, 6.45) is 2.35. The zero-order valence-electron chi connectivity index (χ0n) is 34.0. The van der Waals surface area contributed by atoms with Gasteiger partial charge in [-0.05, 0) is 62.1 Å². The summed E-state index contributed by atoms with van der Waals surface area (Å²) in [5.41, 5.74) is 1.38. The number of methoxy groups -OCH3 is 1. The first-order valence-corrected chi connectivity index (χ1v) is 21.2. The van der Waals surface area contributed by atoms with Crippen molar-refractivity contribution in [2.75, 3.05) is 49.8 Å². The number of nitrogens with one attached hydrogen (secondary N) is 1. The van der Waals surface area contributed by atoms with Crippen molar-refractivity contribution in [2.24, 2.45) is 11.8 Å². The number of hydrogen-bond donors (Lipinski definition) is 2. The Balaban J connectivity index is 1.42. The molecule has 3 heterocycles. The molecular weight excluding hydrogens is 816 g/mol. The molecule has 3 aromatic carbocycles. The Labute approximate surface area is 355 Å². The normalized spacial score (nSPS) is 24.5. The zero-order valence-corrected chi connectivity index (χ0v) is 35.5. The number of carbonyl (C=O) groups is 4. The molecule has 1 spiro atoms. The van der Waals surface area contributed by atoms with Gasteiger partial charge in [0, 0.05) is 49.4 Å². The number of allylic oxidation sites excluding steroid dienone is 1. The van der Waals surface area contributed by atoms with Gasteiger partial charge in [0.2, 0.25) is 11.8 Å². The van der Waals surface area contributed by atoms with Gasteiger partial charge in [-0.2, -0.15) is 0 Å². The van der Waals surface area contributed by atoms with E-state index in [2.05, 4.69) is 53.2 Å². The molecular formula is C46H55BrN4O8. The minimum absolute atomic E-state index is 0.0271. The largest absolute Gasteiger partial charge is 0.455 e. The first-order valence-electron chi connectivity index (χ1n) is 20.3. The Kier molecular flexibility index (Phi) is 14.5. The highest BCUT2D eigenvalue weighted by Crippen LogP contribution is 2.61. The lowest BCUT2D eigenvalue weighted by molar-refractivity contribution is -0.163. The van der Waals surface area contributed by atoms with E-state index in [0.29, 0.717) is 23.2 Å². The lowest BCUT2D eigenvalue weighted by Crippen LogP contribution is -2.57. The van der Waals surface area contributed by atoms with E-state index in [9.17, 15) is 14.7 Å². The third-order valence-electron chi connectivity index (χ3n) is 11.8. The third kappa shape index (κ3) is 8.61. The molecule has 0 aromatic heterocycles. The number of benzene rings is 3. The van der Waals surface area contributed by atoms with Crippen molar-refractivity contribution < 1.29 is 38.5 Å². The average molecular weight is 872 g/mol. The third-order valence-corrected chi connectivity index (χ3v) is 12.6. The van der Waals surface area contributed by atoms with Gasteiger partial charge in [-0.1, -0.05) is 88.7 Å². The van der Waals surface area contributed by atoms with E-state index in [4.69, 9.17) is 14.2 Å². The van der Waals surface area contributed by atoms with Crippen molar-refractivity contribution in [3.05, 3.63) is 121 Å². The van der Waals surface area contributed by atoms with Crippen molar-refractivity contribution in [3.63, 3.8) is 0 Å². The topological polar surface area (TPSA) is 138 Å². The molecule has 0 saturated carbocycles. The summed E-state index contributed by atoms with van der Waals surface area (Å²) in [5.74, 6) is -4.16. The fourth-order valence-electron chi connectivity index (χ4n) is 9.14. The maximum atomic E-state index is 15.4. The quantitative estimate of drug-likeness (QED) is 0.0807. The number of esters is 1. The molecule has 2 bridgehead atoms. The van der Waals surface area contributed by atoms with Gasteiger partial charge in [-0.3, -0.25) is 19.2 Å². The molecule has 6 rings (SSSR count). The molecule has 1 unspecified atom stereocenters. The Bertz CT molecular complexity index is 1950. The fourth-order valence-corrected chi connectivity index (χ4v) is 10.1. The number of hydrogen-bond acceptors (Lipinski definition) is 9. The first kappa shape index (κ1) is 43.8. The van der Waals surface area contributed by atoms with E-state index < -0.39 is 77.0 Å². The molecule has 314 valence electrons. The summed E-state index contributed by atoms with van der Waals surface area (Å²) < 4.78 is 18.8. The van der Waals surface area contributed by atoms with Crippen LogP contribution in [-0.4, -0.2) is 102 Å². The molecule has 3 aliphatic rings. The van der Waals surface area contributed by atoms with Crippen LogP contribution in [0.4, 0.5) is 11.4 Å². The van der Waals surface area contributed by atoms with Gasteiger partial charge in [0.1, 0.15) is 17.7 Å². The van der Waals surface area contributed by atoms with Crippen LogP contribution in [0, 0.1) is 11.8 Å². The minimum atomic E-state index is -1.47. The highest BCUT2D eigenvalue weighted by molar-refractivity contribution is 9.09. The molecule has 2 N–H and O–H groups in total. The number of alkyl halides is 1. The highest BCUT2D eigenvalue weighted by atomic mass is 79.9. The number of halogens is 1. The maximum absolute atomic E-state index is 15.4. The maximum Gasteiger partial charge on any atom is 0.313 e. The smallest absolute Gasteiger partial charge is 0.313 e. The van der Waals surface area contributed by atoms with Crippen LogP contribution in [0.15, 0.2) is 110 Å². The summed E-state index contributed by atoms with van der Waals surface area (Å²) in [5, 5.41) is 14.0. The Morgan fingerprint density at radius 1 is 0.983 bits per heavy atom. The summed E-state index contributed by atoms with van der Waals surface area (Å²) in [4.78, 5) is 63.4. The van der Waals surface area contributed by atoms with Crippen molar-refractivity contribution in [2.45, 2.75) is 73.9 Å². The second kappa shape index (κ2) is 19.5. The lowest BCUT2D eigenvalue weighted by Gasteiger charge is -2.39. The number of nitrogens with zero attached hydrogens (tertiary/aromatic N) is 3. The fraction of sp³-hybridized carbons (Fsp3) is 0.435. The standard InChI is InChI=1S/C46H55BrN4O8/c1-6-10-21-37(53)48-35(29-57-5)40(31-19-15-12-16-20-31)58-45(56)38-39-43(54)51(36(28-52)30-17-13-11-14-18-30)42(46(39)27-34(47)41(38)59-46)44(55)50(26-7-2)33-24-22-32(23-25-33)49(8-3)9-4/h6-7,11-20,22-25,34-36,38-42,52H,1-2,8-10,21,26-29H2,3-5H3,(H,48,53)/t34?,35-,36-,38-,39+,40-,41-,42-,46+/m1/s1. The molecule has 13 heteroatoms. The van der Waals surface area contributed by atoms with Gasteiger partial charge in [0.25, 0.3) is 5.91 Å². The molecule has 3 aliphatic heterocycles. The molecule has 0 aliphatic carbocycles. The minimum Gasteiger partial charge on any atom is -0.455 e. The number of ether oxygens (including phenoxy) is 3. The molecule has 3 fully saturated rings. The predicted octanol–water partition coefficient (Wildman–Crippen LogP) is 5.92. The van der Waals surface area contributed by atoms with Crippen molar-refractivity contribution in [1.29, 1.82) is 0 Å². The molecule has 12 nitrogen and oxygen atoms in total. The Morgan fingerprint density at radius 3 is 2.19 bits per heavy atom. The number of carbonyl (C=O) groups excluding carboxylic acids is 4. The second-order valence-corrected chi connectivity index (χ2v) is 16.3. The Morgan fingerprint density at radius 2 is 1.61 bits per heavy atom. The monoisotopic (exact) mass is 870 g/mol. The van der Waals surface area contributed by atoms with E-state index in [0.717, 1.165) is 18.8 Å². The molecule has 9 atom stereocenters. The second-order valence-electron chi connectivity index (χ2n) is 15.2. The predicted molar refractivity (Wildman–Crippen MR) is 230 cm³/mol. The number of fused-ring (bicyclic) bond motifs is 1. The van der Waals surface area contributed by atoms with E-state index >= 15 is 9.59 Å². The molecule has 0 radical (unpaired) electrons. The number of rotatable bonds is 20. The van der Waals surface area contributed by atoms with Crippen molar-refractivity contribution in [1.82, 2.24) is 10.2 Å². The van der Waals surface area contributed by atoms with Crippen LogP contribution in [0.3, 0.4) is 0 Å². The van der Waals surface area contributed by atoms with Gasteiger partial charge >= 0.3 is 5.97 Å². The summed E-state index contributed by atoms with van der Waals surface area (Å²) in [7, 11) is 1.50. The van der Waals surface area contributed by atoms with Crippen LogP contribution < -0.4 is 15.1 Å². The summed E-state index contributed by atoms with van der Waals surface area (Å²) in [6.45, 7) is 13.1. The number of aliphatic hydroxyl groups is 1. The summed E-state index contributed by atoms with van der Waals surface area (Å²) >= 11 is 3.78. The SMILES string of the molecule is C=CCCC(=O)N[C@H](COC)[C@H](OC(=O)[C@H]1[C@@H]2O[C@@]3(CC2Br)[C@@H]1C(=O)N([C@H](CO)c1ccccc1)[C@@H]3C(=O)N(CC=C)c1ccc(N(CC)CC)cc1)c1ccccc1. The first-order chi connectivity index (χ1) is 28.6. The van der Waals surface area contributed by atoms with Crippen LogP contribution in [0.25, 0.3) is 0 Å². The average Bonchev–Trinajstić information content (AvgIpc) is 3.85. The van der Waals surface area contributed by atoms with E-state index in [1.807, 2.05) is 60.7 Å². The van der Waals surface area contributed by atoms with Crippen LogP contribution in [0.1, 0.15) is 56.4 Å². The van der Waals surface area contributed by atoms with Gasteiger partial charge in [0.05, 0.1) is 43.2 Å². The Hall–Kier alpha value is -4.82. The lowest BCUT2D eigenvalue weighted by atomic mass is 9.70. The van der Waals surface area contributed by atoms with Crippen LogP contribution in [0.2, 0.25) is 0 Å². The van der Waals surface area contributed by atoms with Gasteiger partial charge in [-0.15, -0.1) is 13.2 Å². The zero-order chi connectivity index (χ0) is 42.3. The highest BCUT2D eigenvalue weighted by Gasteiger charge is 2.78. The summed E-state index contributed by atoms with van der Waals surface area (Å²) in [6, 6.07) is 22.8.